The first kappa shape index (κ1) is 14.1. The van der Waals surface area contributed by atoms with Crippen molar-refractivity contribution in [2.24, 2.45) is 4.99 Å². The van der Waals surface area contributed by atoms with Crippen molar-refractivity contribution in [3.05, 3.63) is 23.3 Å². The monoisotopic (exact) mass is 291 g/mol. The van der Waals surface area contributed by atoms with E-state index in [1.54, 1.807) is 18.2 Å². The summed E-state index contributed by atoms with van der Waals surface area (Å²) < 4.78 is 25.2. The molecular formula is C16H18FNO3. The Morgan fingerprint density at radius 2 is 1.86 bits per heavy atom. The Morgan fingerprint density at radius 1 is 1.24 bits per heavy atom. The lowest BCUT2D eigenvalue weighted by atomic mass is 9.84. The second-order valence-corrected chi connectivity index (χ2v) is 5.64. The molecule has 3 rings (SSSR count). The Hall–Kier alpha value is -1.87. The van der Waals surface area contributed by atoms with Gasteiger partial charge in [-0.3, -0.25) is 0 Å². The Morgan fingerprint density at radius 3 is 2.43 bits per heavy atom. The highest BCUT2D eigenvalue weighted by Crippen LogP contribution is 2.48. The third-order valence-electron chi connectivity index (χ3n) is 4.33. The molecule has 112 valence electrons. The van der Waals surface area contributed by atoms with Crippen molar-refractivity contribution in [2.75, 3.05) is 13.2 Å². The summed E-state index contributed by atoms with van der Waals surface area (Å²) in [5.74, 6) is 1.17. The molecule has 21 heavy (non-hydrogen) atoms. The van der Waals surface area contributed by atoms with Crippen molar-refractivity contribution >= 4 is 6.08 Å². The molecule has 0 N–H and O–H groups in total. The molecule has 1 heterocycles. The molecule has 1 unspecified atom stereocenters. The Bertz CT molecular complexity index is 587. The van der Waals surface area contributed by atoms with Gasteiger partial charge < -0.3 is 9.47 Å². The highest BCUT2D eigenvalue weighted by Gasteiger charge is 2.39. The van der Waals surface area contributed by atoms with E-state index in [1.165, 1.54) is 6.92 Å². The van der Waals surface area contributed by atoms with Gasteiger partial charge in [-0.1, -0.05) is 12.8 Å². The number of ether oxygens (including phenoxy) is 2. The van der Waals surface area contributed by atoms with Crippen LogP contribution in [-0.2, 0) is 10.3 Å². The molecule has 1 aliphatic heterocycles. The van der Waals surface area contributed by atoms with Gasteiger partial charge in [0.15, 0.2) is 11.5 Å². The van der Waals surface area contributed by atoms with Gasteiger partial charge in [0, 0.05) is 0 Å². The van der Waals surface area contributed by atoms with Crippen LogP contribution in [0.1, 0.15) is 49.9 Å². The summed E-state index contributed by atoms with van der Waals surface area (Å²) in [7, 11) is 0. The van der Waals surface area contributed by atoms with E-state index in [4.69, 9.17) is 9.47 Å². The Kier molecular flexibility index (Phi) is 3.68. The van der Waals surface area contributed by atoms with E-state index >= 15 is 0 Å². The predicted octanol–water partition coefficient (Wildman–Crippen LogP) is 3.59. The molecule has 1 saturated carbocycles. The van der Waals surface area contributed by atoms with E-state index in [0.29, 0.717) is 30.3 Å². The molecule has 0 aromatic heterocycles. The Labute approximate surface area is 123 Å². The largest absolute Gasteiger partial charge is 0.486 e. The third kappa shape index (κ3) is 2.42. The van der Waals surface area contributed by atoms with Crippen LogP contribution in [0, 0.1) is 0 Å². The van der Waals surface area contributed by atoms with Crippen LogP contribution in [0.25, 0.3) is 0 Å². The fourth-order valence-corrected chi connectivity index (χ4v) is 3.33. The molecule has 0 bridgehead atoms. The minimum Gasteiger partial charge on any atom is -0.486 e. The fourth-order valence-electron chi connectivity index (χ4n) is 3.33. The van der Waals surface area contributed by atoms with E-state index < -0.39 is 11.7 Å². The second kappa shape index (κ2) is 5.49. The SMILES string of the molecule is CC(F)c1cc2c(cc1C1(N=C=O)CCCC1)OCCO2. The van der Waals surface area contributed by atoms with Gasteiger partial charge in [-0.2, -0.15) is 4.99 Å². The molecule has 0 radical (unpaired) electrons. The lowest BCUT2D eigenvalue weighted by molar-refractivity contribution is 0.170. The first-order valence-electron chi connectivity index (χ1n) is 7.33. The van der Waals surface area contributed by atoms with Crippen molar-refractivity contribution in [3.8, 4) is 11.5 Å². The van der Waals surface area contributed by atoms with Gasteiger partial charge in [-0.25, -0.2) is 9.18 Å². The van der Waals surface area contributed by atoms with E-state index in [1.807, 2.05) is 0 Å². The van der Waals surface area contributed by atoms with E-state index in [2.05, 4.69) is 4.99 Å². The van der Waals surface area contributed by atoms with Gasteiger partial charge in [-0.15, -0.1) is 0 Å². The maximum absolute atomic E-state index is 14.1. The fraction of sp³-hybridized carbons (Fsp3) is 0.562. The smallest absolute Gasteiger partial charge is 0.235 e. The first-order valence-corrected chi connectivity index (χ1v) is 7.33. The number of benzene rings is 1. The zero-order valence-electron chi connectivity index (χ0n) is 12.0. The van der Waals surface area contributed by atoms with Crippen LogP contribution in [0.5, 0.6) is 11.5 Å². The second-order valence-electron chi connectivity index (χ2n) is 5.64. The highest BCUT2D eigenvalue weighted by molar-refractivity contribution is 5.52. The number of hydrogen-bond donors (Lipinski definition) is 0. The summed E-state index contributed by atoms with van der Waals surface area (Å²) in [6.45, 7) is 2.42. The summed E-state index contributed by atoms with van der Waals surface area (Å²) in [6.07, 6.45) is 3.94. The molecule has 1 aliphatic carbocycles. The lowest BCUT2D eigenvalue weighted by Gasteiger charge is -2.29. The average molecular weight is 291 g/mol. The van der Waals surface area contributed by atoms with E-state index in [-0.39, 0.29) is 0 Å². The van der Waals surface area contributed by atoms with Crippen LogP contribution in [0.3, 0.4) is 0 Å². The summed E-state index contributed by atoms with van der Waals surface area (Å²) in [4.78, 5) is 14.9. The zero-order chi connectivity index (χ0) is 14.9. The topological polar surface area (TPSA) is 47.9 Å². The number of halogens is 1. The molecule has 1 fully saturated rings. The molecule has 1 aromatic rings. The van der Waals surface area contributed by atoms with Crippen molar-refractivity contribution in [1.82, 2.24) is 0 Å². The van der Waals surface area contributed by atoms with Gasteiger partial charge in [0.25, 0.3) is 0 Å². The Balaban J connectivity index is 2.17. The minimum atomic E-state index is -1.16. The summed E-state index contributed by atoms with van der Waals surface area (Å²) >= 11 is 0. The first-order chi connectivity index (χ1) is 10.2. The molecule has 1 aromatic carbocycles. The number of alkyl halides is 1. The quantitative estimate of drug-likeness (QED) is 0.631. The van der Waals surface area contributed by atoms with Crippen LogP contribution >= 0.6 is 0 Å². The molecular weight excluding hydrogens is 273 g/mol. The number of rotatable bonds is 3. The molecule has 4 nitrogen and oxygen atoms in total. The van der Waals surface area contributed by atoms with Gasteiger partial charge in [-0.05, 0) is 43.0 Å². The molecule has 0 saturated heterocycles. The lowest BCUT2D eigenvalue weighted by Crippen LogP contribution is -2.23. The highest BCUT2D eigenvalue weighted by atomic mass is 19.1. The van der Waals surface area contributed by atoms with E-state index in [0.717, 1.165) is 31.2 Å². The van der Waals surface area contributed by atoms with Crippen LogP contribution in [-0.4, -0.2) is 19.3 Å². The number of nitrogens with zero attached hydrogens (tertiary/aromatic N) is 1. The summed E-state index contributed by atoms with van der Waals surface area (Å²) in [6, 6.07) is 3.49. The van der Waals surface area contributed by atoms with E-state index in [9.17, 15) is 9.18 Å². The third-order valence-corrected chi connectivity index (χ3v) is 4.33. The molecule has 0 amide bonds. The maximum atomic E-state index is 14.1. The van der Waals surface area contributed by atoms with Crippen molar-refractivity contribution in [1.29, 1.82) is 0 Å². The van der Waals surface area contributed by atoms with Crippen LogP contribution < -0.4 is 9.47 Å². The van der Waals surface area contributed by atoms with Crippen molar-refractivity contribution < 1.29 is 18.7 Å². The van der Waals surface area contributed by atoms with Crippen LogP contribution in [0.15, 0.2) is 17.1 Å². The molecule has 5 heteroatoms. The normalized spacial score (nSPS) is 20.7. The van der Waals surface area contributed by atoms with Gasteiger partial charge in [0.2, 0.25) is 6.08 Å². The average Bonchev–Trinajstić information content (AvgIpc) is 2.96. The van der Waals surface area contributed by atoms with Gasteiger partial charge in [0.05, 0.1) is 5.54 Å². The number of isocyanates is 1. The van der Waals surface area contributed by atoms with Gasteiger partial charge in [0.1, 0.15) is 19.4 Å². The standard InChI is InChI=1S/C16H18FNO3/c1-11(17)12-8-14-15(21-7-6-20-14)9-13(12)16(18-10-19)4-2-3-5-16/h8-9,11H,2-7H2,1H3. The number of aliphatic imine (C=N–C) groups is 1. The number of hydrogen-bond acceptors (Lipinski definition) is 4. The summed E-state index contributed by atoms with van der Waals surface area (Å²) in [5.41, 5.74) is 0.607. The van der Waals surface area contributed by atoms with Crippen LogP contribution in [0.4, 0.5) is 4.39 Å². The van der Waals surface area contributed by atoms with Gasteiger partial charge >= 0.3 is 0 Å². The number of carbonyl (C=O) groups excluding carboxylic acids is 1. The van der Waals surface area contributed by atoms with Crippen molar-refractivity contribution in [3.63, 3.8) is 0 Å². The summed E-state index contributed by atoms with van der Waals surface area (Å²) in [5, 5.41) is 0. The molecule has 1 atom stereocenters. The molecule has 2 aliphatic rings. The number of fused-ring (bicyclic) bond motifs is 1. The van der Waals surface area contributed by atoms with Crippen molar-refractivity contribution in [2.45, 2.75) is 44.3 Å². The zero-order valence-corrected chi connectivity index (χ0v) is 12.0. The predicted molar refractivity (Wildman–Crippen MR) is 75.2 cm³/mol. The maximum Gasteiger partial charge on any atom is 0.235 e. The molecule has 0 spiro atoms. The minimum absolute atomic E-state index is 0.462. The van der Waals surface area contributed by atoms with Crippen LogP contribution in [0.2, 0.25) is 0 Å².